The first-order valence-electron chi connectivity index (χ1n) is 7.86. The lowest BCUT2D eigenvalue weighted by Gasteiger charge is -2.07. The average molecular weight is 418 g/mol. The molecule has 138 valence electrons. The third-order valence-corrected chi connectivity index (χ3v) is 6.66. The van der Waals surface area contributed by atoms with Gasteiger partial charge in [-0.05, 0) is 26.0 Å². The fraction of sp³-hybridized carbons (Fsp3) is 0.235. The van der Waals surface area contributed by atoms with Crippen molar-refractivity contribution in [3.8, 4) is 6.07 Å². The zero-order valence-electron chi connectivity index (χ0n) is 14.6. The van der Waals surface area contributed by atoms with E-state index in [1.54, 1.807) is 13.0 Å². The second-order valence-electron chi connectivity index (χ2n) is 5.31. The maximum absolute atomic E-state index is 12.7. The molecule has 0 aliphatic heterocycles. The summed E-state index contributed by atoms with van der Waals surface area (Å²) in [7, 11) is 0. The Kier molecular flexibility index (Phi) is 6.49. The fourth-order valence-electron chi connectivity index (χ4n) is 2.15. The number of anilines is 1. The molecule has 3 rings (SSSR count). The largest absolute Gasteiger partial charge is 0.338 e. The Bertz CT molecular complexity index is 993. The monoisotopic (exact) mass is 417 g/mol. The van der Waals surface area contributed by atoms with Crippen molar-refractivity contribution in [2.75, 3.05) is 11.1 Å². The number of carbonyl (C=O) groups excluding carboxylic acids is 1. The maximum atomic E-state index is 12.7. The number of aromatic nitrogens is 3. The van der Waals surface area contributed by atoms with Crippen molar-refractivity contribution >= 4 is 45.9 Å². The number of thiazole rings is 1. The summed E-state index contributed by atoms with van der Waals surface area (Å²) in [6.45, 7) is 3.63. The minimum Gasteiger partial charge on any atom is -0.338 e. The number of rotatable bonds is 7. The Labute approximate surface area is 168 Å². The highest BCUT2D eigenvalue weighted by Crippen LogP contribution is 2.32. The molecule has 2 aromatic heterocycles. The molecule has 0 fully saturated rings. The molecule has 1 amide bonds. The minimum atomic E-state index is -0.231. The van der Waals surface area contributed by atoms with E-state index in [2.05, 4.69) is 26.5 Å². The van der Waals surface area contributed by atoms with Gasteiger partial charge in [0.2, 0.25) is 5.89 Å². The zero-order valence-corrected chi connectivity index (χ0v) is 17.0. The SMILES string of the molecule is Cc1noc(CSc2ccccc2C(=O)Nc2nc(C)c(SCC#N)s2)n1. The van der Waals surface area contributed by atoms with Crippen molar-refractivity contribution in [1.82, 2.24) is 15.1 Å². The van der Waals surface area contributed by atoms with Crippen molar-refractivity contribution in [2.24, 2.45) is 0 Å². The highest BCUT2D eigenvalue weighted by Gasteiger charge is 2.16. The number of nitrogens with one attached hydrogen (secondary N) is 1. The Morgan fingerprint density at radius 2 is 2.11 bits per heavy atom. The van der Waals surface area contributed by atoms with E-state index in [1.165, 1.54) is 34.9 Å². The maximum Gasteiger partial charge on any atom is 0.258 e. The fourth-order valence-corrected chi connectivity index (χ4v) is 4.83. The van der Waals surface area contributed by atoms with Gasteiger partial charge in [0, 0.05) is 4.90 Å². The van der Waals surface area contributed by atoms with E-state index >= 15 is 0 Å². The first kappa shape index (κ1) is 19.4. The number of nitrogens with zero attached hydrogens (tertiary/aromatic N) is 4. The van der Waals surface area contributed by atoms with Gasteiger partial charge in [0.05, 0.1) is 33.0 Å². The van der Waals surface area contributed by atoms with Crippen molar-refractivity contribution in [3.63, 3.8) is 0 Å². The van der Waals surface area contributed by atoms with Crippen LogP contribution in [0.15, 0.2) is 37.9 Å². The molecule has 27 heavy (non-hydrogen) atoms. The van der Waals surface area contributed by atoms with Crippen LogP contribution in [0.2, 0.25) is 0 Å². The van der Waals surface area contributed by atoms with Crippen LogP contribution in [0.25, 0.3) is 0 Å². The van der Waals surface area contributed by atoms with Gasteiger partial charge in [-0.3, -0.25) is 10.1 Å². The number of nitriles is 1. The summed E-state index contributed by atoms with van der Waals surface area (Å²) < 4.78 is 6.05. The van der Waals surface area contributed by atoms with Gasteiger partial charge < -0.3 is 4.52 Å². The Balaban J connectivity index is 1.70. The Morgan fingerprint density at radius 3 is 2.85 bits per heavy atom. The number of carbonyl (C=O) groups is 1. The normalized spacial score (nSPS) is 10.6. The van der Waals surface area contributed by atoms with Gasteiger partial charge in [-0.1, -0.05) is 40.4 Å². The Morgan fingerprint density at radius 1 is 1.30 bits per heavy atom. The van der Waals surface area contributed by atoms with E-state index in [9.17, 15) is 4.79 Å². The highest BCUT2D eigenvalue weighted by atomic mass is 32.2. The van der Waals surface area contributed by atoms with Gasteiger partial charge in [-0.15, -0.1) is 11.8 Å². The van der Waals surface area contributed by atoms with E-state index in [4.69, 9.17) is 9.78 Å². The van der Waals surface area contributed by atoms with E-state index in [0.717, 1.165) is 14.8 Å². The zero-order chi connectivity index (χ0) is 19.2. The molecule has 0 radical (unpaired) electrons. The van der Waals surface area contributed by atoms with Gasteiger partial charge in [-0.25, -0.2) is 4.98 Å². The molecule has 3 aromatic rings. The molecule has 1 aromatic carbocycles. The summed E-state index contributed by atoms with van der Waals surface area (Å²) in [4.78, 5) is 22.1. The Hall–Kier alpha value is -2.35. The summed E-state index contributed by atoms with van der Waals surface area (Å²) >= 11 is 4.25. The van der Waals surface area contributed by atoms with E-state index in [-0.39, 0.29) is 5.91 Å². The van der Waals surface area contributed by atoms with E-state index in [0.29, 0.717) is 33.9 Å². The minimum absolute atomic E-state index is 0.231. The molecule has 2 heterocycles. The van der Waals surface area contributed by atoms with Gasteiger partial charge >= 0.3 is 0 Å². The number of hydrogen-bond acceptors (Lipinski definition) is 9. The average Bonchev–Trinajstić information content (AvgIpc) is 3.23. The van der Waals surface area contributed by atoms with Crippen LogP contribution in [0, 0.1) is 25.2 Å². The van der Waals surface area contributed by atoms with Crippen LogP contribution in [0.4, 0.5) is 5.13 Å². The lowest BCUT2D eigenvalue weighted by molar-refractivity contribution is 0.102. The van der Waals surface area contributed by atoms with Gasteiger partial charge in [0.15, 0.2) is 11.0 Å². The molecule has 0 aliphatic carbocycles. The molecule has 7 nitrogen and oxygen atoms in total. The predicted molar refractivity (Wildman–Crippen MR) is 106 cm³/mol. The topological polar surface area (TPSA) is 105 Å². The standard InChI is InChI=1S/C17H15N5O2S3/c1-10-16(25-8-7-18)27-17(19-10)21-15(23)12-5-3-4-6-13(12)26-9-14-20-11(2)22-24-14/h3-6H,8-9H2,1-2H3,(H,19,21,23). The van der Waals surface area contributed by atoms with Crippen LogP contribution in [0.1, 0.15) is 27.8 Å². The van der Waals surface area contributed by atoms with Crippen molar-refractivity contribution < 1.29 is 9.32 Å². The van der Waals surface area contributed by atoms with E-state index < -0.39 is 0 Å². The summed E-state index contributed by atoms with van der Waals surface area (Å²) in [5, 5.41) is 15.8. The smallest absolute Gasteiger partial charge is 0.258 e. The van der Waals surface area contributed by atoms with Crippen LogP contribution < -0.4 is 5.32 Å². The summed E-state index contributed by atoms with van der Waals surface area (Å²) in [5.41, 5.74) is 1.36. The molecule has 0 saturated carbocycles. The van der Waals surface area contributed by atoms with Gasteiger partial charge in [0.25, 0.3) is 5.91 Å². The number of aryl methyl sites for hydroxylation is 2. The molecule has 10 heteroatoms. The van der Waals surface area contributed by atoms with Gasteiger partial charge in [0.1, 0.15) is 0 Å². The second kappa shape index (κ2) is 9.03. The number of hydrogen-bond donors (Lipinski definition) is 1. The molecule has 0 unspecified atom stereocenters. The lowest BCUT2D eigenvalue weighted by Crippen LogP contribution is -2.12. The molecule has 0 atom stereocenters. The first-order valence-corrected chi connectivity index (χ1v) is 10.6. The molecule has 0 bridgehead atoms. The first-order chi connectivity index (χ1) is 13.1. The van der Waals surface area contributed by atoms with Crippen molar-refractivity contribution in [3.05, 3.63) is 47.2 Å². The number of thioether (sulfide) groups is 2. The van der Waals surface area contributed by atoms with E-state index in [1.807, 2.05) is 25.1 Å². The van der Waals surface area contributed by atoms with Crippen LogP contribution in [-0.2, 0) is 5.75 Å². The van der Waals surface area contributed by atoms with Gasteiger partial charge in [-0.2, -0.15) is 10.2 Å². The van der Waals surface area contributed by atoms with Crippen molar-refractivity contribution in [2.45, 2.75) is 28.7 Å². The number of benzene rings is 1. The molecule has 0 aliphatic rings. The third kappa shape index (κ3) is 5.09. The summed E-state index contributed by atoms with van der Waals surface area (Å²) in [6.07, 6.45) is 0. The molecule has 0 saturated heterocycles. The van der Waals surface area contributed by atoms with Crippen molar-refractivity contribution in [1.29, 1.82) is 5.26 Å². The quantitative estimate of drug-likeness (QED) is 0.567. The molecular weight excluding hydrogens is 402 g/mol. The highest BCUT2D eigenvalue weighted by molar-refractivity contribution is 8.01. The molecule has 0 spiro atoms. The van der Waals surface area contributed by atoms with Crippen LogP contribution in [-0.4, -0.2) is 26.8 Å². The second-order valence-corrected chi connectivity index (χ2v) is 8.57. The van der Waals surface area contributed by atoms with Crippen LogP contribution in [0.5, 0.6) is 0 Å². The van der Waals surface area contributed by atoms with Crippen LogP contribution >= 0.6 is 34.9 Å². The molecular formula is C17H15N5O2S3. The predicted octanol–water partition coefficient (Wildman–Crippen LogP) is 4.30. The lowest BCUT2D eigenvalue weighted by atomic mass is 10.2. The summed E-state index contributed by atoms with van der Waals surface area (Å²) in [6, 6.07) is 9.43. The number of amides is 1. The third-order valence-electron chi connectivity index (χ3n) is 3.29. The summed E-state index contributed by atoms with van der Waals surface area (Å²) in [5.74, 6) is 1.70. The van der Waals surface area contributed by atoms with Crippen LogP contribution in [0.3, 0.4) is 0 Å². The molecule has 1 N–H and O–H groups in total.